The SMILES string of the molecule is C#CN(C(=O)c1ccccc1)C(CN)C(=O)OC.c1cc2ccc1-2. The van der Waals surface area contributed by atoms with E-state index in [0.29, 0.717) is 5.56 Å². The summed E-state index contributed by atoms with van der Waals surface area (Å²) in [5, 5.41) is 0. The first-order chi connectivity index (χ1) is 11.6. The molecule has 2 N–H and O–H groups in total. The van der Waals surface area contributed by atoms with Gasteiger partial charge in [-0.1, -0.05) is 48.9 Å². The van der Waals surface area contributed by atoms with Gasteiger partial charge in [-0.2, -0.15) is 0 Å². The molecule has 0 fully saturated rings. The van der Waals surface area contributed by atoms with Gasteiger partial charge >= 0.3 is 5.97 Å². The van der Waals surface area contributed by atoms with Crippen molar-refractivity contribution in [3.05, 3.63) is 60.2 Å². The second-order valence-electron chi connectivity index (χ2n) is 5.02. The van der Waals surface area contributed by atoms with E-state index in [9.17, 15) is 9.59 Å². The highest BCUT2D eigenvalue weighted by Gasteiger charge is 2.29. The molecule has 2 aliphatic rings. The smallest absolute Gasteiger partial charge is 0.331 e. The highest BCUT2D eigenvalue weighted by Crippen LogP contribution is 2.29. The molecule has 5 heteroatoms. The quantitative estimate of drug-likeness (QED) is 0.452. The van der Waals surface area contributed by atoms with Crippen LogP contribution in [0.5, 0.6) is 0 Å². The molecule has 0 spiro atoms. The van der Waals surface area contributed by atoms with E-state index < -0.39 is 17.9 Å². The molecule has 1 aromatic rings. The lowest BCUT2D eigenvalue weighted by molar-refractivity contribution is -0.144. The molecule has 1 aromatic carbocycles. The standard InChI is InChI=1S/C13H14N2O3.C6H4/c1-3-15(11(9-14)13(17)18-2)12(16)10-7-5-4-6-8-10;1-2-6-4-3-5(1)6/h1,4-8,11H,9,14H2,2H3;1-4H. The number of esters is 1. The van der Waals surface area contributed by atoms with Crippen LogP contribution in [0, 0.1) is 12.5 Å². The van der Waals surface area contributed by atoms with E-state index in [2.05, 4.69) is 35.0 Å². The largest absolute Gasteiger partial charge is 0.467 e. The lowest BCUT2D eigenvalue weighted by Crippen LogP contribution is -2.47. The van der Waals surface area contributed by atoms with Crippen molar-refractivity contribution in [1.82, 2.24) is 4.90 Å². The predicted molar refractivity (Wildman–Crippen MR) is 91.7 cm³/mol. The number of ether oxygens (including phenoxy) is 1. The Morgan fingerprint density at radius 2 is 1.67 bits per heavy atom. The first-order valence-electron chi connectivity index (χ1n) is 7.35. The Labute approximate surface area is 141 Å². The van der Waals surface area contributed by atoms with E-state index in [1.165, 1.54) is 18.2 Å². The van der Waals surface area contributed by atoms with E-state index >= 15 is 0 Å². The van der Waals surface area contributed by atoms with Crippen LogP contribution in [-0.4, -0.2) is 36.5 Å². The molecule has 0 radical (unpaired) electrons. The predicted octanol–water partition coefficient (Wildman–Crippen LogP) is 1.89. The van der Waals surface area contributed by atoms with Gasteiger partial charge in [-0.15, -0.1) is 0 Å². The first-order valence-corrected chi connectivity index (χ1v) is 7.35. The van der Waals surface area contributed by atoms with Crippen LogP contribution in [0.25, 0.3) is 11.1 Å². The number of carbonyl (C=O) groups excluding carboxylic acids is 2. The number of carbonyl (C=O) groups is 2. The maximum Gasteiger partial charge on any atom is 0.331 e. The molecule has 0 heterocycles. The van der Waals surface area contributed by atoms with Gasteiger partial charge in [-0.3, -0.25) is 9.69 Å². The number of hydrogen-bond donors (Lipinski definition) is 1. The molecular formula is C19H18N2O3. The molecule has 0 bridgehead atoms. The van der Waals surface area contributed by atoms with E-state index in [1.54, 1.807) is 30.3 Å². The summed E-state index contributed by atoms with van der Waals surface area (Å²) < 4.78 is 4.56. The van der Waals surface area contributed by atoms with Crippen LogP contribution >= 0.6 is 0 Å². The normalized spacial score (nSPS) is 11.2. The molecule has 2 aliphatic carbocycles. The van der Waals surface area contributed by atoms with Crippen molar-refractivity contribution in [3.63, 3.8) is 0 Å². The fourth-order valence-electron chi connectivity index (χ4n) is 2.12. The van der Waals surface area contributed by atoms with E-state index in [-0.39, 0.29) is 6.54 Å². The van der Waals surface area contributed by atoms with Crippen molar-refractivity contribution in [1.29, 1.82) is 0 Å². The second-order valence-corrected chi connectivity index (χ2v) is 5.02. The molecule has 0 aromatic heterocycles. The van der Waals surface area contributed by atoms with Gasteiger partial charge < -0.3 is 10.5 Å². The molecule has 5 nitrogen and oxygen atoms in total. The lowest BCUT2D eigenvalue weighted by Gasteiger charge is -2.23. The van der Waals surface area contributed by atoms with Gasteiger partial charge in [0.2, 0.25) is 0 Å². The number of terminal acetylenes is 1. The van der Waals surface area contributed by atoms with Crippen molar-refractivity contribution >= 4 is 11.9 Å². The van der Waals surface area contributed by atoms with Gasteiger partial charge in [0.1, 0.15) is 0 Å². The Kier molecular flexibility index (Phi) is 5.72. The Balaban J connectivity index is 0.000000282. The van der Waals surface area contributed by atoms with Crippen LogP contribution in [0.3, 0.4) is 0 Å². The number of amides is 1. The van der Waals surface area contributed by atoms with Crippen LogP contribution in [0.1, 0.15) is 10.4 Å². The number of methoxy groups -OCH3 is 1. The van der Waals surface area contributed by atoms with Crippen molar-refractivity contribution in [2.45, 2.75) is 6.04 Å². The number of nitrogens with two attached hydrogens (primary N) is 1. The van der Waals surface area contributed by atoms with E-state index in [1.807, 2.05) is 0 Å². The summed E-state index contributed by atoms with van der Waals surface area (Å²) in [6.45, 7) is -0.102. The highest BCUT2D eigenvalue weighted by atomic mass is 16.5. The highest BCUT2D eigenvalue weighted by molar-refractivity contribution is 5.98. The molecule has 1 atom stereocenters. The zero-order valence-corrected chi connectivity index (χ0v) is 13.3. The Bertz CT molecular complexity index is 727. The fraction of sp³-hybridized carbons (Fsp3) is 0.158. The zero-order valence-electron chi connectivity index (χ0n) is 13.3. The van der Waals surface area contributed by atoms with Crippen molar-refractivity contribution in [2.24, 2.45) is 5.73 Å². The third-order valence-electron chi connectivity index (χ3n) is 3.61. The Morgan fingerprint density at radius 1 is 1.12 bits per heavy atom. The third kappa shape index (κ3) is 3.62. The summed E-state index contributed by atoms with van der Waals surface area (Å²) in [7, 11) is 1.21. The minimum Gasteiger partial charge on any atom is -0.467 e. The van der Waals surface area contributed by atoms with Crippen LogP contribution in [0.15, 0.2) is 54.6 Å². The average Bonchev–Trinajstić information content (AvgIpc) is 2.62. The molecule has 1 unspecified atom stereocenters. The molecule has 122 valence electrons. The molecule has 1 amide bonds. The maximum atomic E-state index is 12.1. The minimum absolute atomic E-state index is 0.102. The number of hydrogen-bond acceptors (Lipinski definition) is 4. The van der Waals surface area contributed by atoms with Crippen LogP contribution in [0.2, 0.25) is 0 Å². The summed E-state index contributed by atoms with van der Waals surface area (Å²) in [4.78, 5) is 24.5. The number of fused-ring (bicyclic) bond motifs is 1. The van der Waals surface area contributed by atoms with Gasteiger partial charge in [-0.25, -0.2) is 4.79 Å². The average molecular weight is 322 g/mol. The molecule has 0 aliphatic heterocycles. The third-order valence-corrected chi connectivity index (χ3v) is 3.61. The van der Waals surface area contributed by atoms with Crippen LogP contribution < -0.4 is 5.73 Å². The van der Waals surface area contributed by atoms with Crippen LogP contribution in [-0.2, 0) is 9.53 Å². The fourth-order valence-corrected chi connectivity index (χ4v) is 2.12. The van der Waals surface area contributed by atoms with Gasteiger partial charge in [0.25, 0.3) is 5.91 Å². The Morgan fingerprint density at radius 3 is 2.00 bits per heavy atom. The van der Waals surface area contributed by atoms with Gasteiger partial charge in [0, 0.05) is 18.2 Å². The van der Waals surface area contributed by atoms with Gasteiger partial charge in [-0.05, 0) is 23.3 Å². The molecule has 24 heavy (non-hydrogen) atoms. The van der Waals surface area contributed by atoms with Gasteiger partial charge in [0.05, 0.1) is 7.11 Å². The van der Waals surface area contributed by atoms with Gasteiger partial charge in [0.15, 0.2) is 6.04 Å². The summed E-state index contributed by atoms with van der Waals surface area (Å²) >= 11 is 0. The molecule has 3 rings (SSSR count). The molecule has 0 saturated carbocycles. The summed E-state index contributed by atoms with van der Waals surface area (Å²) in [6.07, 6.45) is 5.27. The van der Waals surface area contributed by atoms with Crippen molar-refractivity contribution in [3.8, 4) is 23.6 Å². The lowest BCUT2D eigenvalue weighted by atomic mass is 9.95. The minimum atomic E-state index is -0.979. The van der Waals surface area contributed by atoms with Crippen LogP contribution in [0.4, 0.5) is 0 Å². The number of nitrogens with zero attached hydrogens (tertiary/aromatic N) is 1. The summed E-state index contributed by atoms with van der Waals surface area (Å²) in [5.41, 5.74) is 8.69. The Hall–Kier alpha value is -3.10. The summed E-state index contributed by atoms with van der Waals surface area (Å²) in [5.74, 6) is -1.10. The number of benzene rings is 2. The first kappa shape index (κ1) is 17.3. The second kappa shape index (κ2) is 7.95. The van der Waals surface area contributed by atoms with E-state index in [4.69, 9.17) is 12.2 Å². The topological polar surface area (TPSA) is 72.6 Å². The van der Waals surface area contributed by atoms with Crippen molar-refractivity contribution in [2.75, 3.05) is 13.7 Å². The van der Waals surface area contributed by atoms with Crippen molar-refractivity contribution < 1.29 is 14.3 Å². The zero-order chi connectivity index (χ0) is 17.5. The maximum absolute atomic E-state index is 12.1. The van der Waals surface area contributed by atoms with E-state index in [0.717, 1.165) is 4.90 Å². The monoisotopic (exact) mass is 322 g/mol. The molecular weight excluding hydrogens is 304 g/mol. The molecule has 0 saturated heterocycles. The number of rotatable bonds is 4. The summed E-state index contributed by atoms with van der Waals surface area (Å²) in [6, 6.07) is 18.1.